The van der Waals surface area contributed by atoms with E-state index in [2.05, 4.69) is 24.4 Å². The molecule has 2 aromatic rings. The van der Waals surface area contributed by atoms with Crippen LogP contribution in [0.15, 0.2) is 16.6 Å². The first kappa shape index (κ1) is 14.5. The predicted octanol–water partition coefficient (Wildman–Crippen LogP) is 0.691. The number of nitrogens with zero attached hydrogens (tertiary/aromatic N) is 2. The van der Waals surface area contributed by atoms with E-state index in [1.54, 1.807) is 12.3 Å². The third-order valence-corrected chi connectivity index (χ3v) is 4.48. The number of carbonyl (C=O) groups is 1. The molecule has 8 nitrogen and oxygen atoms in total. The molecule has 0 aliphatic heterocycles. The van der Waals surface area contributed by atoms with E-state index in [0.29, 0.717) is 11.5 Å². The summed E-state index contributed by atoms with van der Waals surface area (Å²) >= 11 is 1.09. The SMILES string of the molecule is COC(=O)Cc1csc(NS(=O)(=O)c2cnc(C)[nH]2)n1. The van der Waals surface area contributed by atoms with Crippen LogP contribution in [0.4, 0.5) is 5.13 Å². The van der Waals surface area contributed by atoms with Crippen molar-refractivity contribution in [2.24, 2.45) is 0 Å². The first-order valence-electron chi connectivity index (χ1n) is 5.46. The van der Waals surface area contributed by atoms with E-state index in [1.165, 1.54) is 13.3 Å². The molecule has 10 heteroatoms. The van der Waals surface area contributed by atoms with E-state index in [-0.39, 0.29) is 16.6 Å². The van der Waals surface area contributed by atoms with E-state index in [4.69, 9.17) is 0 Å². The molecule has 2 N–H and O–H groups in total. The highest BCUT2D eigenvalue weighted by Gasteiger charge is 2.18. The molecule has 0 saturated heterocycles. The van der Waals surface area contributed by atoms with Gasteiger partial charge >= 0.3 is 5.97 Å². The van der Waals surface area contributed by atoms with Gasteiger partial charge in [0.05, 0.1) is 25.4 Å². The number of aromatic nitrogens is 3. The Morgan fingerprint density at radius 2 is 2.30 bits per heavy atom. The predicted molar refractivity (Wildman–Crippen MR) is 72.0 cm³/mol. The van der Waals surface area contributed by atoms with Crippen LogP contribution in [0.25, 0.3) is 0 Å². The fourth-order valence-corrected chi connectivity index (χ4v) is 3.29. The van der Waals surface area contributed by atoms with Gasteiger partial charge in [-0.15, -0.1) is 11.3 Å². The number of rotatable bonds is 5. The van der Waals surface area contributed by atoms with Gasteiger partial charge in [-0.25, -0.2) is 9.97 Å². The number of aromatic amines is 1. The van der Waals surface area contributed by atoms with Crippen LogP contribution in [0.3, 0.4) is 0 Å². The number of ether oxygens (including phenoxy) is 1. The molecule has 20 heavy (non-hydrogen) atoms. The normalized spacial score (nSPS) is 11.3. The quantitative estimate of drug-likeness (QED) is 0.784. The van der Waals surface area contributed by atoms with Crippen LogP contribution in [-0.2, 0) is 26.0 Å². The van der Waals surface area contributed by atoms with Crippen molar-refractivity contribution < 1.29 is 17.9 Å². The summed E-state index contributed by atoms with van der Waals surface area (Å²) in [5, 5.41) is 1.73. The first-order chi connectivity index (χ1) is 9.40. The van der Waals surface area contributed by atoms with Crippen molar-refractivity contribution in [3.8, 4) is 0 Å². The molecule has 0 atom stereocenters. The van der Waals surface area contributed by atoms with E-state index < -0.39 is 16.0 Å². The van der Waals surface area contributed by atoms with Crippen LogP contribution in [0.1, 0.15) is 11.5 Å². The zero-order valence-corrected chi connectivity index (χ0v) is 12.3. The van der Waals surface area contributed by atoms with Crippen molar-refractivity contribution in [2.45, 2.75) is 18.4 Å². The molecule has 0 unspecified atom stereocenters. The molecule has 108 valence electrons. The fourth-order valence-electron chi connectivity index (χ4n) is 1.36. The Kier molecular flexibility index (Phi) is 4.04. The number of hydrogen-bond acceptors (Lipinski definition) is 7. The number of H-pyrrole nitrogens is 1. The lowest BCUT2D eigenvalue weighted by atomic mass is 10.3. The van der Waals surface area contributed by atoms with Gasteiger partial charge in [0.25, 0.3) is 10.0 Å². The summed E-state index contributed by atoms with van der Waals surface area (Å²) in [6, 6.07) is 0. The monoisotopic (exact) mass is 316 g/mol. The highest BCUT2D eigenvalue weighted by atomic mass is 32.2. The minimum atomic E-state index is -3.75. The van der Waals surface area contributed by atoms with Gasteiger partial charge in [-0.05, 0) is 6.92 Å². The molecule has 0 spiro atoms. The fraction of sp³-hybridized carbons (Fsp3) is 0.300. The number of sulfonamides is 1. The Hall–Kier alpha value is -1.94. The number of nitrogens with one attached hydrogen (secondary N) is 2. The number of imidazole rings is 1. The molecular weight excluding hydrogens is 304 g/mol. The minimum absolute atomic E-state index is 0.00209. The van der Waals surface area contributed by atoms with Crippen molar-refractivity contribution in [1.82, 2.24) is 15.0 Å². The van der Waals surface area contributed by atoms with E-state index >= 15 is 0 Å². The smallest absolute Gasteiger partial charge is 0.311 e. The Balaban J connectivity index is 2.12. The van der Waals surface area contributed by atoms with Crippen LogP contribution >= 0.6 is 11.3 Å². The average Bonchev–Trinajstić information content (AvgIpc) is 2.98. The van der Waals surface area contributed by atoms with Gasteiger partial charge in [-0.2, -0.15) is 8.42 Å². The van der Waals surface area contributed by atoms with Crippen molar-refractivity contribution in [3.05, 3.63) is 23.1 Å². The second-order valence-corrected chi connectivity index (χ2v) is 6.34. The van der Waals surface area contributed by atoms with Crippen molar-refractivity contribution >= 4 is 32.5 Å². The largest absolute Gasteiger partial charge is 0.469 e. The number of esters is 1. The average molecular weight is 316 g/mol. The summed E-state index contributed by atoms with van der Waals surface area (Å²) in [4.78, 5) is 21.6. The van der Waals surface area contributed by atoms with Crippen molar-refractivity contribution in [2.75, 3.05) is 11.8 Å². The van der Waals surface area contributed by atoms with Gasteiger partial charge in [0, 0.05) is 5.38 Å². The molecule has 0 aliphatic rings. The van der Waals surface area contributed by atoms with E-state index in [1.807, 2.05) is 0 Å². The highest BCUT2D eigenvalue weighted by molar-refractivity contribution is 7.92. The molecule has 0 aliphatic carbocycles. The zero-order chi connectivity index (χ0) is 14.8. The molecular formula is C10H12N4O4S2. The van der Waals surface area contributed by atoms with E-state index in [9.17, 15) is 13.2 Å². The lowest BCUT2D eigenvalue weighted by Crippen LogP contribution is -2.13. The molecule has 0 radical (unpaired) electrons. The van der Waals surface area contributed by atoms with Gasteiger partial charge in [0.1, 0.15) is 5.82 Å². The molecule has 0 aromatic carbocycles. The number of anilines is 1. The summed E-state index contributed by atoms with van der Waals surface area (Å²) in [5.41, 5.74) is 0.445. The highest BCUT2D eigenvalue weighted by Crippen LogP contribution is 2.19. The maximum absolute atomic E-state index is 12.0. The number of methoxy groups -OCH3 is 1. The number of hydrogen-bond donors (Lipinski definition) is 2. The summed E-state index contributed by atoms with van der Waals surface area (Å²) in [5.74, 6) is 0.0600. The lowest BCUT2D eigenvalue weighted by Gasteiger charge is -2.01. The Labute approximate surface area is 119 Å². The molecule has 0 fully saturated rings. The zero-order valence-electron chi connectivity index (χ0n) is 10.7. The van der Waals surface area contributed by atoms with Gasteiger partial charge < -0.3 is 9.72 Å². The van der Waals surface area contributed by atoms with Gasteiger partial charge in [-0.3, -0.25) is 9.52 Å². The molecule has 0 amide bonds. The lowest BCUT2D eigenvalue weighted by molar-refractivity contribution is -0.139. The van der Waals surface area contributed by atoms with Crippen LogP contribution in [0.2, 0.25) is 0 Å². The summed E-state index contributed by atoms with van der Waals surface area (Å²) < 4.78 is 30.8. The maximum Gasteiger partial charge on any atom is 0.311 e. The third kappa shape index (κ3) is 3.33. The van der Waals surface area contributed by atoms with Gasteiger partial charge in [-0.1, -0.05) is 0 Å². The van der Waals surface area contributed by atoms with Crippen LogP contribution < -0.4 is 4.72 Å². The molecule has 0 saturated carbocycles. The minimum Gasteiger partial charge on any atom is -0.469 e. The van der Waals surface area contributed by atoms with Crippen molar-refractivity contribution in [1.29, 1.82) is 0 Å². The maximum atomic E-state index is 12.0. The number of thiazole rings is 1. The number of carbonyl (C=O) groups excluding carboxylic acids is 1. The molecule has 2 aromatic heterocycles. The molecule has 0 bridgehead atoms. The Morgan fingerprint density at radius 3 is 2.90 bits per heavy atom. The van der Waals surface area contributed by atoms with Crippen LogP contribution in [0.5, 0.6) is 0 Å². The van der Waals surface area contributed by atoms with Gasteiger partial charge in [0.2, 0.25) is 0 Å². The van der Waals surface area contributed by atoms with Crippen LogP contribution in [-0.4, -0.2) is 36.4 Å². The second kappa shape index (κ2) is 5.59. The van der Waals surface area contributed by atoms with E-state index in [0.717, 1.165) is 11.3 Å². The molecule has 2 rings (SSSR count). The molecule has 2 heterocycles. The van der Waals surface area contributed by atoms with Gasteiger partial charge in [0.15, 0.2) is 10.2 Å². The van der Waals surface area contributed by atoms with Crippen LogP contribution in [0, 0.1) is 6.92 Å². The Morgan fingerprint density at radius 1 is 1.55 bits per heavy atom. The third-order valence-electron chi connectivity index (χ3n) is 2.30. The Bertz CT molecular complexity index is 719. The topological polar surface area (TPSA) is 114 Å². The summed E-state index contributed by atoms with van der Waals surface area (Å²) in [6.07, 6.45) is 1.22. The van der Waals surface area contributed by atoms with Crippen molar-refractivity contribution in [3.63, 3.8) is 0 Å². The second-order valence-electron chi connectivity index (χ2n) is 3.84. The first-order valence-corrected chi connectivity index (χ1v) is 7.82. The number of aryl methyl sites for hydroxylation is 1. The summed E-state index contributed by atoms with van der Waals surface area (Å²) in [7, 11) is -2.47. The summed E-state index contributed by atoms with van der Waals surface area (Å²) in [6.45, 7) is 1.65. The standard InChI is InChI=1S/C10H12N4O4S2/c1-6-11-4-8(12-6)20(16,17)14-10-13-7(5-19-10)3-9(15)18-2/h4-5H,3H2,1-2H3,(H,11,12)(H,13,14).